The molecule has 6 rings (SSSR count). The van der Waals surface area contributed by atoms with Crippen molar-refractivity contribution in [3.05, 3.63) is 137 Å². The highest BCUT2D eigenvalue weighted by Gasteiger charge is 2.46. The molecule has 4 aromatic carbocycles. The number of carbonyl (C=O) groups excluding carboxylic acids is 5. The second kappa shape index (κ2) is 24.1. The van der Waals surface area contributed by atoms with Gasteiger partial charge in [0.05, 0.1) is 82.9 Å². The third-order valence-electron chi connectivity index (χ3n) is 10.5. The highest BCUT2D eigenvalue weighted by molar-refractivity contribution is 6.26. The summed E-state index contributed by atoms with van der Waals surface area (Å²) in [6.07, 6.45) is 2.44. The number of piperidine rings is 1. The summed E-state index contributed by atoms with van der Waals surface area (Å²) >= 11 is 0. The van der Waals surface area contributed by atoms with Gasteiger partial charge in [-0.2, -0.15) is 0 Å². The van der Waals surface area contributed by atoms with Crippen molar-refractivity contribution in [2.24, 2.45) is 0 Å². The average Bonchev–Trinajstić information content (AvgIpc) is 3.55. The van der Waals surface area contributed by atoms with Gasteiger partial charge in [-0.15, -0.1) is 0 Å². The smallest absolute Gasteiger partial charge is 0.264 e. The lowest BCUT2D eigenvalue weighted by molar-refractivity contribution is -0.136. The first-order chi connectivity index (χ1) is 30.4. The Bertz CT molecular complexity index is 1970. The van der Waals surface area contributed by atoms with Crippen molar-refractivity contribution in [2.75, 3.05) is 78.0 Å². The monoisotopic (exact) mass is 849 g/mol. The minimum absolute atomic E-state index is 0.0281. The predicted molar refractivity (Wildman–Crippen MR) is 229 cm³/mol. The summed E-state index contributed by atoms with van der Waals surface area (Å²) in [7, 11) is 0. The fraction of sp³-hybridized carbons (Fsp3) is 0.396. The number of anilines is 1. The Morgan fingerprint density at radius 1 is 0.581 bits per heavy atom. The third-order valence-corrected chi connectivity index (χ3v) is 10.5. The predicted octanol–water partition coefficient (Wildman–Crippen LogP) is 5.68. The Hall–Kier alpha value is -5.61. The number of carbonyl (C=O) groups is 5. The summed E-state index contributed by atoms with van der Waals surface area (Å²) in [6, 6.07) is 34.3. The molecule has 0 spiro atoms. The molecule has 0 saturated carbocycles. The van der Waals surface area contributed by atoms with Gasteiger partial charge in [-0.05, 0) is 48.1 Å². The molecule has 14 heteroatoms. The molecule has 0 aliphatic carbocycles. The Morgan fingerprint density at radius 2 is 1.08 bits per heavy atom. The van der Waals surface area contributed by atoms with E-state index in [9.17, 15) is 24.0 Å². The highest BCUT2D eigenvalue weighted by Crippen LogP contribution is 2.40. The molecule has 62 heavy (non-hydrogen) atoms. The minimum Gasteiger partial charge on any atom is -0.379 e. The van der Waals surface area contributed by atoms with Crippen LogP contribution < -0.4 is 10.6 Å². The van der Waals surface area contributed by atoms with E-state index in [0.717, 1.165) is 34.4 Å². The minimum atomic E-state index is -1.07. The van der Waals surface area contributed by atoms with Crippen LogP contribution in [0.4, 0.5) is 5.69 Å². The number of amides is 5. The van der Waals surface area contributed by atoms with E-state index in [1.807, 2.05) is 54.6 Å². The fourth-order valence-electron chi connectivity index (χ4n) is 7.50. The molecule has 1 atom stereocenters. The van der Waals surface area contributed by atoms with E-state index in [-0.39, 0.29) is 42.0 Å². The van der Waals surface area contributed by atoms with Gasteiger partial charge in [0.1, 0.15) is 11.6 Å². The van der Waals surface area contributed by atoms with Crippen molar-refractivity contribution in [3.8, 4) is 0 Å². The molecule has 5 amide bonds. The van der Waals surface area contributed by atoms with Gasteiger partial charge in [0.15, 0.2) is 0 Å². The number of ether oxygens (including phenoxy) is 6. The van der Waals surface area contributed by atoms with Crippen molar-refractivity contribution in [1.82, 2.24) is 10.2 Å². The standard InChI is InChI=1S/C48H55N3O11/c52-42(49-40-21-13-20-39-44(40)47(56)51(46(39)55)41-23-24-43(53)50-45(41)54)22-11-4-12-25-57-26-27-58-28-29-59-30-31-60-32-33-61-34-35-62-48(36-14-5-1-6-15-36,37-16-7-2-8-17-37)38-18-9-3-10-19-38/h1-3,5-10,13-21,41H,4,11-12,22-35H2,(H,49,52)(H,50,53,54). The number of imide groups is 2. The molecule has 2 aliphatic rings. The number of fused-ring (bicyclic) bond motifs is 1. The maximum atomic E-state index is 13.2. The number of hydrogen-bond acceptors (Lipinski definition) is 11. The van der Waals surface area contributed by atoms with Gasteiger partial charge in [0, 0.05) is 19.4 Å². The Labute approximate surface area is 362 Å². The van der Waals surface area contributed by atoms with Crippen molar-refractivity contribution < 1.29 is 52.4 Å². The third kappa shape index (κ3) is 12.3. The summed E-state index contributed by atoms with van der Waals surface area (Å²) in [5.41, 5.74) is 2.75. The molecule has 2 heterocycles. The maximum Gasteiger partial charge on any atom is 0.264 e. The molecular weight excluding hydrogens is 795 g/mol. The van der Waals surface area contributed by atoms with Gasteiger partial charge < -0.3 is 33.7 Å². The van der Waals surface area contributed by atoms with Crippen LogP contribution >= 0.6 is 0 Å². The van der Waals surface area contributed by atoms with Crippen LogP contribution in [0.3, 0.4) is 0 Å². The lowest BCUT2D eigenvalue weighted by Crippen LogP contribution is -2.54. The molecule has 328 valence electrons. The first kappa shape index (κ1) is 45.9. The first-order valence-corrected chi connectivity index (χ1v) is 21.2. The molecule has 14 nitrogen and oxygen atoms in total. The lowest BCUT2D eigenvalue weighted by atomic mass is 9.80. The zero-order chi connectivity index (χ0) is 43.4. The molecule has 2 aliphatic heterocycles. The molecule has 2 N–H and O–H groups in total. The van der Waals surface area contributed by atoms with Gasteiger partial charge in [0.2, 0.25) is 17.7 Å². The largest absolute Gasteiger partial charge is 0.379 e. The average molecular weight is 850 g/mol. The SMILES string of the molecule is O=C1CCC(N2C(=O)c3cccc(NC(=O)CCCCCOCCOCCOCCOCCOCCOC(c4ccccc4)(c4ccccc4)c4ccccc4)c3C2=O)C(=O)N1. The zero-order valence-electron chi connectivity index (χ0n) is 34.9. The number of unbranched alkanes of at least 4 members (excludes halogenated alkanes) is 2. The van der Waals surface area contributed by atoms with E-state index >= 15 is 0 Å². The number of nitrogens with one attached hydrogen (secondary N) is 2. The molecule has 1 saturated heterocycles. The summed E-state index contributed by atoms with van der Waals surface area (Å²) in [6.45, 7) is 4.89. The van der Waals surface area contributed by atoms with Crippen LogP contribution in [0.15, 0.2) is 109 Å². The van der Waals surface area contributed by atoms with Crippen molar-refractivity contribution in [2.45, 2.75) is 50.2 Å². The van der Waals surface area contributed by atoms with Gasteiger partial charge in [-0.25, -0.2) is 0 Å². The maximum absolute atomic E-state index is 13.2. The van der Waals surface area contributed by atoms with Gasteiger partial charge >= 0.3 is 0 Å². The van der Waals surface area contributed by atoms with Crippen LogP contribution in [0.1, 0.15) is 75.9 Å². The molecule has 0 radical (unpaired) electrons. The normalized spacial score (nSPS) is 15.2. The van der Waals surface area contributed by atoms with E-state index in [2.05, 4.69) is 47.0 Å². The summed E-state index contributed by atoms with van der Waals surface area (Å²) in [5.74, 6) is -2.71. The van der Waals surface area contributed by atoms with Gasteiger partial charge in [-0.1, -0.05) is 103 Å². The van der Waals surface area contributed by atoms with Gasteiger partial charge in [0.25, 0.3) is 11.8 Å². The molecule has 0 aromatic heterocycles. The second-order valence-electron chi connectivity index (χ2n) is 14.7. The number of benzene rings is 4. The number of rotatable bonds is 27. The number of nitrogens with zero attached hydrogens (tertiary/aromatic N) is 1. The van der Waals surface area contributed by atoms with E-state index in [4.69, 9.17) is 28.4 Å². The molecule has 4 aromatic rings. The first-order valence-electron chi connectivity index (χ1n) is 21.2. The van der Waals surface area contributed by atoms with Crippen LogP contribution in [-0.4, -0.2) is 113 Å². The van der Waals surface area contributed by atoms with E-state index in [1.165, 1.54) is 6.07 Å². The zero-order valence-corrected chi connectivity index (χ0v) is 34.9. The fourth-order valence-corrected chi connectivity index (χ4v) is 7.50. The summed E-state index contributed by atoms with van der Waals surface area (Å²) < 4.78 is 35.1. The van der Waals surface area contributed by atoms with E-state index < -0.39 is 35.3 Å². The van der Waals surface area contributed by atoms with Crippen LogP contribution in [0.2, 0.25) is 0 Å². The second-order valence-corrected chi connectivity index (χ2v) is 14.7. The lowest BCUT2D eigenvalue weighted by Gasteiger charge is -2.36. The van der Waals surface area contributed by atoms with Crippen LogP contribution in [0, 0.1) is 0 Å². The van der Waals surface area contributed by atoms with Crippen molar-refractivity contribution in [3.63, 3.8) is 0 Å². The Kier molecular flexibility index (Phi) is 17.9. The quantitative estimate of drug-likeness (QED) is 0.0431. The topological polar surface area (TPSA) is 168 Å². The van der Waals surface area contributed by atoms with Crippen molar-refractivity contribution in [1.29, 1.82) is 0 Å². The molecule has 1 fully saturated rings. The number of hydrogen-bond donors (Lipinski definition) is 2. The Balaban J connectivity index is 0.746. The molecular formula is C48H55N3O11. The Morgan fingerprint density at radius 3 is 1.60 bits per heavy atom. The van der Waals surface area contributed by atoms with E-state index in [0.29, 0.717) is 79.1 Å². The summed E-state index contributed by atoms with van der Waals surface area (Å²) in [4.78, 5) is 63.7. The van der Waals surface area contributed by atoms with Crippen LogP contribution in [0.5, 0.6) is 0 Å². The van der Waals surface area contributed by atoms with Crippen LogP contribution in [0.25, 0.3) is 0 Å². The van der Waals surface area contributed by atoms with Gasteiger partial charge in [-0.3, -0.25) is 34.2 Å². The van der Waals surface area contributed by atoms with E-state index in [1.54, 1.807) is 12.1 Å². The summed E-state index contributed by atoms with van der Waals surface area (Å²) in [5, 5.41) is 4.92. The highest BCUT2D eigenvalue weighted by atomic mass is 16.6. The molecule has 0 bridgehead atoms. The van der Waals surface area contributed by atoms with Crippen LogP contribution in [-0.2, 0) is 48.4 Å². The molecule has 1 unspecified atom stereocenters. The van der Waals surface area contributed by atoms with Crippen molar-refractivity contribution >= 4 is 35.2 Å².